The first kappa shape index (κ1) is 16.5. The molecule has 22 heavy (non-hydrogen) atoms. The van der Waals surface area contributed by atoms with Crippen molar-refractivity contribution in [1.29, 1.82) is 0 Å². The molecule has 1 amide bonds. The first-order chi connectivity index (χ1) is 10.6. The third-order valence-electron chi connectivity index (χ3n) is 2.88. The van der Waals surface area contributed by atoms with Crippen LogP contribution in [0.3, 0.4) is 0 Å². The summed E-state index contributed by atoms with van der Waals surface area (Å²) in [5, 5.41) is 6.61. The summed E-state index contributed by atoms with van der Waals surface area (Å²) in [6.07, 6.45) is 3.64. The molecule has 0 bridgehead atoms. The van der Waals surface area contributed by atoms with E-state index in [4.69, 9.17) is 23.2 Å². The van der Waals surface area contributed by atoms with Crippen LogP contribution < -0.4 is 10.6 Å². The van der Waals surface area contributed by atoms with E-state index in [1.165, 1.54) is 0 Å². The predicted molar refractivity (Wildman–Crippen MR) is 89.8 cm³/mol. The standard InChI is InChI=1S/C15H16Cl2N4O/c1-2-3-7-18-15-19-8-6-13(21-15)14(22)20-10-4-5-11(16)12(17)9-10/h4-6,8-9H,2-3,7H2,1H3,(H,20,22)(H,18,19,21). The van der Waals surface area contributed by atoms with Crippen molar-refractivity contribution in [3.8, 4) is 0 Å². The maximum atomic E-state index is 12.2. The van der Waals surface area contributed by atoms with Crippen molar-refractivity contribution in [3.63, 3.8) is 0 Å². The Morgan fingerprint density at radius 3 is 2.77 bits per heavy atom. The lowest BCUT2D eigenvalue weighted by molar-refractivity contribution is 0.102. The second-order valence-electron chi connectivity index (χ2n) is 4.63. The van der Waals surface area contributed by atoms with Crippen LogP contribution in [0.5, 0.6) is 0 Å². The van der Waals surface area contributed by atoms with Crippen molar-refractivity contribution in [3.05, 3.63) is 46.2 Å². The first-order valence-electron chi connectivity index (χ1n) is 6.93. The highest BCUT2D eigenvalue weighted by atomic mass is 35.5. The van der Waals surface area contributed by atoms with Crippen molar-refractivity contribution in [2.24, 2.45) is 0 Å². The molecule has 116 valence electrons. The van der Waals surface area contributed by atoms with Gasteiger partial charge in [0.05, 0.1) is 10.0 Å². The number of hydrogen-bond donors (Lipinski definition) is 2. The third-order valence-corrected chi connectivity index (χ3v) is 3.62. The van der Waals surface area contributed by atoms with E-state index in [0.29, 0.717) is 21.7 Å². The molecule has 1 aromatic heterocycles. The number of anilines is 2. The van der Waals surface area contributed by atoms with Gasteiger partial charge in [0, 0.05) is 18.4 Å². The SMILES string of the molecule is CCCCNc1nccc(C(=O)Nc2ccc(Cl)c(Cl)c2)n1. The molecule has 2 N–H and O–H groups in total. The van der Waals surface area contributed by atoms with Crippen molar-refractivity contribution < 1.29 is 4.79 Å². The van der Waals surface area contributed by atoms with Crippen molar-refractivity contribution >= 4 is 40.7 Å². The van der Waals surface area contributed by atoms with Crippen LogP contribution in [0.25, 0.3) is 0 Å². The highest BCUT2D eigenvalue weighted by molar-refractivity contribution is 6.42. The zero-order chi connectivity index (χ0) is 15.9. The number of hydrogen-bond acceptors (Lipinski definition) is 4. The summed E-state index contributed by atoms with van der Waals surface area (Å²) < 4.78 is 0. The van der Waals surface area contributed by atoms with E-state index in [-0.39, 0.29) is 11.6 Å². The van der Waals surface area contributed by atoms with Gasteiger partial charge in [0.15, 0.2) is 0 Å². The van der Waals surface area contributed by atoms with E-state index >= 15 is 0 Å². The monoisotopic (exact) mass is 338 g/mol. The second kappa shape index (κ2) is 7.96. The zero-order valence-corrected chi connectivity index (χ0v) is 13.6. The quantitative estimate of drug-likeness (QED) is 0.772. The number of amides is 1. The molecule has 0 unspecified atom stereocenters. The van der Waals surface area contributed by atoms with E-state index in [1.54, 1.807) is 30.5 Å². The fourth-order valence-corrected chi connectivity index (χ4v) is 2.01. The highest BCUT2D eigenvalue weighted by Gasteiger charge is 2.10. The van der Waals surface area contributed by atoms with E-state index < -0.39 is 0 Å². The molecule has 0 aliphatic rings. The van der Waals surface area contributed by atoms with Gasteiger partial charge in [-0.1, -0.05) is 36.5 Å². The van der Waals surface area contributed by atoms with E-state index in [0.717, 1.165) is 19.4 Å². The Bertz CT molecular complexity index is 664. The van der Waals surface area contributed by atoms with Crippen molar-refractivity contribution in [2.75, 3.05) is 17.2 Å². The van der Waals surface area contributed by atoms with Gasteiger partial charge in [-0.25, -0.2) is 9.97 Å². The second-order valence-corrected chi connectivity index (χ2v) is 5.44. The predicted octanol–water partition coefficient (Wildman–Crippen LogP) is 4.25. The van der Waals surface area contributed by atoms with Crippen LogP contribution >= 0.6 is 23.2 Å². The van der Waals surface area contributed by atoms with Gasteiger partial charge in [-0.15, -0.1) is 0 Å². The summed E-state index contributed by atoms with van der Waals surface area (Å²) >= 11 is 11.8. The summed E-state index contributed by atoms with van der Waals surface area (Å²) in [5.41, 5.74) is 0.832. The molecule has 0 saturated carbocycles. The molecular formula is C15H16Cl2N4O. The summed E-state index contributed by atoms with van der Waals surface area (Å²) in [7, 11) is 0. The Kier molecular flexibility index (Phi) is 5.98. The lowest BCUT2D eigenvalue weighted by Gasteiger charge is -2.07. The molecule has 5 nitrogen and oxygen atoms in total. The average molecular weight is 339 g/mol. The fourth-order valence-electron chi connectivity index (χ4n) is 1.72. The number of carbonyl (C=O) groups is 1. The van der Waals surface area contributed by atoms with Crippen LogP contribution in [0.1, 0.15) is 30.3 Å². The molecule has 0 spiro atoms. The molecule has 7 heteroatoms. The van der Waals surface area contributed by atoms with E-state index in [1.807, 2.05) is 0 Å². The summed E-state index contributed by atoms with van der Waals surface area (Å²) in [4.78, 5) is 20.5. The van der Waals surface area contributed by atoms with Gasteiger partial charge in [-0.2, -0.15) is 0 Å². The Morgan fingerprint density at radius 1 is 1.23 bits per heavy atom. The molecule has 0 aliphatic heterocycles. The minimum atomic E-state index is -0.334. The third kappa shape index (κ3) is 4.58. The molecule has 1 heterocycles. The molecule has 0 atom stereocenters. The smallest absolute Gasteiger partial charge is 0.274 e. The Morgan fingerprint density at radius 2 is 2.05 bits per heavy atom. The average Bonchev–Trinajstić information content (AvgIpc) is 2.51. The lowest BCUT2D eigenvalue weighted by Crippen LogP contribution is -2.15. The van der Waals surface area contributed by atoms with Gasteiger partial charge >= 0.3 is 0 Å². The van der Waals surface area contributed by atoms with Gasteiger partial charge in [-0.05, 0) is 30.7 Å². The number of aromatic nitrogens is 2. The molecule has 0 fully saturated rings. The molecule has 0 aliphatic carbocycles. The topological polar surface area (TPSA) is 66.9 Å². The molecular weight excluding hydrogens is 323 g/mol. The van der Waals surface area contributed by atoms with E-state index in [2.05, 4.69) is 27.5 Å². The van der Waals surface area contributed by atoms with Crippen LogP contribution in [0, 0.1) is 0 Å². The lowest BCUT2D eigenvalue weighted by atomic mass is 10.3. The fraction of sp³-hybridized carbons (Fsp3) is 0.267. The van der Waals surface area contributed by atoms with Gasteiger partial charge in [0.25, 0.3) is 5.91 Å². The van der Waals surface area contributed by atoms with E-state index in [9.17, 15) is 4.79 Å². The normalized spacial score (nSPS) is 10.3. The number of nitrogens with zero attached hydrogens (tertiary/aromatic N) is 2. The molecule has 2 rings (SSSR count). The van der Waals surface area contributed by atoms with Crippen molar-refractivity contribution in [1.82, 2.24) is 9.97 Å². The summed E-state index contributed by atoms with van der Waals surface area (Å²) in [6.45, 7) is 2.87. The number of nitrogens with one attached hydrogen (secondary N) is 2. The first-order valence-corrected chi connectivity index (χ1v) is 7.69. The largest absolute Gasteiger partial charge is 0.354 e. The van der Waals surface area contributed by atoms with Crippen LogP contribution in [-0.2, 0) is 0 Å². The maximum Gasteiger partial charge on any atom is 0.274 e. The van der Waals surface area contributed by atoms with Crippen LogP contribution in [0.2, 0.25) is 10.0 Å². The molecule has 2 aromatic rings. The Labute approximate surface area is 139 Å². The molecule has 0 saturated heterocycles. The minimum absolute atomic E-state index is 0.278. The number of unbranched alkanes of at least 4 members (excludes halogenated alkanes) is 1. The van der Waals surface area contributed by atoms with Crippen LogP contribution in [0.15, 0.2) is 30.5 Å². The van der Waals surface area contributed by atoms with Crippen LogP contribution in [-0.4, -0.2) is 22.4 Å². The van der Waals surface area contributed by atoms with Gasteiger partial charge in [0.1, 0.15) is 5.69 Å². The minimum Gasteiger partial charge on any atom is -0.354 e. The number of benzene rings is 1. The van der Waals surface area contributed by atoms with Gasteiger partial charge in [0.2, 0.25) is 5.95 Å². The maximum absolute atomic E-state index is 12.2. The van der Waals surface area contributed by atoms with Gasteiger partial charge < -0.3 is 10.6 Å². The Balaban J connectivity index is 2.05. The summed E-state index contributed by atoms with van der Waals surface area (Å²) in [5.74, 6) is 0.106. The number of carbonyl (C=O) groups excluding carboxylic acids is 1. The highest BCUT2D eigenvalue weighted by Crippen LogP contribution is 2.25. The van der Waals surface area contributed by atoms with Gasteiger partial charge in [-0.3, -0.25) is 4.79 Å². The molecule has 0 radical (unpaired) electrons. The number of halogens is 2. The summed E-state index contributed by atoms with van der Waals surface area (Å²) in [6, 6.07) is 6.44. The number of rotatable bonds is 6. The Hall–Kier alpha value is -1.85. The van der Waals surface area contributed by atoms with Crippen LogP contribution in [0.4, 0.5) is 11.6 Å². The zero-order valence-electron chi connectivity index (χ0n) is 12.1. The molecule has 1 aromatic carbocycles. The van der Waals surface area contributed by atoms with Crippen molar-refractivity contribution in [2.45, 2.75) is 19.8 Å².